The Kier molecular flexibility index (Phi) is 7.96. The fourth-order valence-corrected chi connectivity index (χ4v) is 3.26. The highest BCUT2D eigenvalue weighted by Gasteiger charge is 2.29. The van der Waals surface area contributed by atoms with Crippen LogP contribution in [-0.4, -0.2) is 62.7 Å². The number of hydrogen-bond acceptors (Lipinski definition) is 3. The largest absolute Gasteiger partial charge is 0.314 e. The first-order valence-corrected chi connectivity index (χ1v) is 8.18. The Morgan fingerprint density at radius 3 is 2.21 bits per heavy atom. The fraction of sp³-hybridized carbons (Fsp3) is 1.00. The smallest absolute Gasteiger partial charge is 0.0190 e. The van der Waals surface area contributed by atoms with Crippen LogP contribution >= 0.6 is 0 Å². The quantitative estimate of drug-likeness (QED) is 0.694. The first-order valence-electron chi connectivity index (χ1n) is 8.18. The molecule has 19 heavy (non-hydrogen) atoms. The molecule has 0 aliphatic heterocycles. The van der Waals surface area contributed by atoms with Crippen molar-refractivity contribution in [1.29, 1.82) is 0 Å². The highest BCUT2D eigenvalue weighted by molar-refractivity contribution is 4.90. The number of rotatable bonds is 9. The highest BCUT2D eigenvalue weighted by Crippen LogP contribution is 2.30. The van der Waals surface area contributed by atoms with Gasteiger partial charge in [-0.1, -0.05) is 26.2 Å². The maximum absolute atomic E-state index is 3.64. The summed E-state index contributed by atoms with van der Waals surface area (Å²) in [5.41, 5.74) is 0.438. The van der Waals surface area contributed by atoms with E-state index < -0.39 is 0 Å². The summed E-state index contributed by atoms with van der Waals surface area (Å²) in [6.45, 7) is 7.18. The minimum Gasteiger partial charge on any atom is -0.314 e. The van der Waals surface area contributed by atoms with E-state index in [1.807, 2.05) is 0 Å². The molecule has 0 aromatic heterocycles. The number of nitrogens with zero attached hydrogens (tertiary/aromatic N) is 2. The molecule has 1 fully saturated rings. The van der Waals surface area contributed by atoms with Crippen molar-refractivity contribution in [3.8, 4) is 0 Å². The van der Waals surface area contributed by atoms with Gasteiger partial charge in [-0.25, -0.2) is 0 Å². The zero-order valence-electron chi connectivity index (χ0n) is 13.7. The molecule has 1 N–H and O–H groups in total. The molecule has 0 bridgehead atoms. The lowest BCUT2D eigenvalue weighted by Crippen LogP contribution is -2.47. The predicted molar refractivity (Wildman–Crippen MR) is 84.8 cm³/mol. The average molecular weight is 269 g/mol. The molecule has 0 atom stereocenters. The summed E-state index contributed by atoms with van der Waals surface area (Å²) in [5.74, 6) is 0. The van der Waals surface area contributed by atoms with E-state index in [9.17, 15) is 0 Å². The molecule has 3 heteroatoms. The summed E-state index contributed by atoms with van der Waals surface area (Å²) in [6, 6.07) is 0. The van der Waals surface area contributed by atoms with E-state index in [4.69, 9.17) is 0 Å². The third kappa shape index (κ3) is 6.24. The summed E-state index contributed by atoms with van der Waals surface area (Å²) in [6.07, 6.45) is 9.61. The van der Waals surface area contributed by atoms with Crippen LogP contribution in [-0.2, 0) is 0 Å². The fourth-order valence-electron chi connectivity index (χ4n) is 3.26. The molecule has 0 aromatic rings. The SMILES string of the molecule is CCN(CCCN(C)C)CCC1(NC)CCCCC1. The van der Waals surface area contributed by atoms with E-state index in [-0.39, 0.29) is 0 Å². The molecule has 0 radical (unpaired) electrons. The van der Waals surface area contributed by atoms with Gasteiger partial charge in [-0.05, 0) is 73.0 Å². The van der Waals surface area contributed by atoms with Crippen molar-refractivity contribution in [2.24, 2.45) is 0 Å². The van der Waals surface area contributed by atoms with Crippen LogP contribution in [0.25, 0.3) is 0 Å². The van der Waals surface area contributed by atoms with Crippen molar-refractivity contribution in [3.63, 3.8) is 0 Å². The summed E-state index contributed by atoms with van der Waals surface area (Å²) < 4.78 is 0. The van der Waals surface area contributed by atoms with E-state index in [1.165, 1.54) is 71.1 Å². The molecule has 1 saturated carbocycles. The molecule has 0 aromatic carbocycles. The summed E-state index contributed by atoms with van der Waals surface area (Å²) in [4.78, 5) is 4.90. The molecule has 1 aliphatic rings. The molecule has 0 unspecified atom stereocenters. The average Bonchev–Trinajstić information content (AvgIpc) is 2.43. The van der Waals surface area contributed by atoms with Crippen LogP contribution in [0.15, 0.2) is 0 Å². The third-order valence-corrected chi connectivity index (χ3v) is 4.77. The first kappa shape index (κ1) is 16.9. The van der Waals surface area contributed by atoms with Gasteiger partial charge < -0.3 is 15.1 Å². The van der Waals surface area contributed by atoms with Gasteiger partial charge >= 0.3 is 0 Å². The van der Waals surface area contributed by atoms with Crippen molar-refractivity contribution in [2.45, 2.75) is 57.4 Å². The molecule has 3 nitrogen and oxygen atoms in total. The van der Waals surface area contributed by atoms with Gasteiger partial charge in [0, 0.05) is 5.54 Å². The molecule has 1 rings (SSSR count). The Morgan fingerprint density at radius 2 is 1.68 bits per heavy atom. The second-order valence-electron chi connectivity index (χ2n) is 6.43. The van der Waals surface area contributed by atoms with E-state index in [0.717, 1.165) is 0 Å². The standard InChI is InChI=1S/C16H35N3/c1-5-19(14-9-13-18(3)4)15-12-16(17-2)10-7-6-8-11-16/h17H,5-15H2,1-4H3. The maximum Gasteiger partial charge on any atom is 0.0190 e. The topological polar surface area (TPSA) is 18.5 Å². The lowest BCUT2D eigenvalue weighted by atomic mass is 9.79. The molecule has 114 valence electrons. The summed E-state index contributed by atoms with van der Waals surface area (Å²) >= 11 is 0. The van der Waals surface area contributed by atoms with Gasteiger partial charge in [-0.3, -0.25) is 0 Å². The second kappa shape index (κ2) is 8.93. The molecular weight excluding hydrogens is 234 g/mol. The lowest BCUT2D eigenvalue weighted by Gasteiger charge is -2.39. The van der Waals surface area contributed by atoms with Crippen molar-refractivity contribution in [3.05, 3.63) is 0 Å². The molecular formula is C16H35N3. The first-order chi connectivity index (χ1) is 9.12. The van der Waals surface area contributed by atoms with Crippen LogP contribution in [0.4, 0.5) is 0 Å². The van der Waals surface area contributed by atoms with Crippen molar-refractivity contribution in [2.75, 3.05) is 47.3 Å². The van der Waals surface area contributed by atoms with Gasteiger partial charge in [-0.2, -0.15) is 0 Å². The van der Waals surface area contributed by atoms with E-state index >= 15 is 0 Å². The van der Waals surface area contributed by atoms with Gasteiger partial charge in [0.05, 0.1) is 0 Å². The van der Waals surface area contributed by atoms with Crippen LogP contribution in [0.1, 0.15) is 51.9 Å². The molecule has 0 saturated heterocycles. The lowest BCUT2D eigenvalue weighted by molar-refractivity contribution is 0.182. The third-order valence-electron chi connectivity index (χ3n) is 4.77. The van der Waals surface area contributed by atoms with Gasteiger partial charge in [0.25, 0.3) is 0 Å². The van der Waals surface area contributed by atoms with Gasteiger partial charge in [-0.15, -0.1) is 0 Å². The normalized spacial score (nSPS) is 19.3. The Balaban J connectivity index is 2.30. The predicted octanol–water partition coefficient (Wildman–Crippen LogP) is 2.57. The van der Waals surface area contributed by atoms with Crippen molar-refractivity contribution < 1.29 is 0 Å². The van der Waals surface area contributed by atoms with Crippen LogP contribution in [0.2, 0.25) is 0 Å². The zero-order chi connectivity index (χ0) is 14.1. The van der Waals surface area contributed by atoms with E-state index in [1.54, 1.807) is 0 Å². The van der Waals surface area contributed by atoms with Crippen molar-refractivity contribution in [1.82, 2.24) is 15.1 Å². The number of hydrogen-bond donors (Lipinski definition) is 1. The summed E-state index contributed by atoms with van der Waals surface area (Å²) in [5, 5.41) is 3.64. The van der Waals surface area contributed by atoms with Crippen LogP contribution < -0.4 is 5.32 Å². The summed E-state index contributed by atoms with van der Waals surface area (Å²) in [7, 11) is 6.48. The van der Waals surface area contributed by atoms with E-state index in [2.05, 4.69) is 43.2 Å². The van der Waals surface area contributed by atoms with Crippen LogP contribution in [0, 0.1) is 0 Å². The van der Waals surface area contributed by atoms with Gasteiger partial charge in [0.1, 0.15) is 0 Å². The Hall–Kier alpha value is -0.120. The van der Waals surface area contributed by atoms with E-state index in [0.29, 0.717) is 5.54 Å². The van der Waals surface area contributed by atoms with Crippen LogP contribution in [0.5, 0.6) is 0 Å². The minimum atomic E-state index is 0.438. The van der Waals surface area contributed by atoms with Gasteiger partial charge in [0.15, 0.2) is 0 Å². The number of nitrogens with one attached hydrogen (secondary N) is 1. The second-order valence-corrected chi connectivity index (χ2v) is 6.43. The Bertz CT molecular complexity index is 222. The maximum atomic E-state index is 3.64. The Labute approximate surface area is 120 Å². The van der Waals surface area contributed by atoms with Gasteiger partial charge in [0.2, 0.25) is 0 Å². The Morgan fingerprint density at radius 1 is 1.00 bits per heavy atom. The monoisotopic (exact) mass is 269 g/mol. The minimum absolute atomic E-state index is 0.438. The molecule has 0 heterocycles. The molecule has 0 amide bonds. The molecule has 0 spiro atoms. The van der Waals surface area contributed by atoms with Crippen molar-refractivity contribution >= 4 is 0 Å². The molecule has 1 aliphatic carbocycles. The van der Waals surface area contributed by atoms with Crippen LogP contribution in [0.3, 0.4) is 0 Å². The zero-order valence-corrected chi connectivity index (χ0v) is 13.7. The highest BCUT2D eigenvalue weighted by atomic mass is 15.1.